The van der Waals surface area contributed by atoms with Crippen molar-refractivity contribution in [2.24, 2.45) is 0 Å². The number of aliphatic hydroxyl groups excluding tert-OH is 1. The average molecular weight is 325 g/mol. The molecule has 0 amide bonds. The molecule has 2 aromatic carbocycles. The van der Waals surface area contributed by atoms with Crippen LogP contribution in [0, 0.1) is 10.1 Å². The van der Waals surface area contributed by atoms with Crippen molar-refractivity contribution in [3.05, 3.63) is 64.2 Å². The molecule has 2 aromatic rings. The molecule has 0 aliphatic rings. The molecular weight excluding hydrogens is 313 g/mol. The molecule has 3 N–H and O–H groups in total. The van der Waals surface area contributed by atoms with E-state index in [1.807, 2.05) is 0 Å². The normalized spacial score (nSPS) is 12.7. The Kier molecular flexibility index (Phi) is 4.58. The Morgan fingerprint density at radius 2 is 1.77 bits per heavy atom. The van der Waals surface area contributed by atoms with Gasteiger partial charge in [0.25, 0.3) is 5.69 Å². The van der Waals surface area contributed by atoms with E-state index in [-0.39, 0.29) is 11.3 Å². The highest BCUT2D eigenvalue weighted by molar-refractivity contribution is 7.51. The number of hydrogen-bond acceptors (Lipinski definition) is 5. The number of aliphatic hydroxyl groups is 1. The molecule has 1 atom stereocenters. The Morgan fingerprint density at radius 1 is 1.14 bits per heavy atom. The van der Waals surface area contributed by atoms with E-state index >= 15 is 0 Å². The highest BCUT2D eigenvalue weighted by Gasteiger charge is 2.32. The molecule has 0 saturated carbocycles. The number of hydrogen-bond donors (Lipinski definition) is 3. The second-order valence-corrected chi connectivity index (χ2v) is 6.02. The van der Waals surface area contributed by atoms with Gasteiger partial charge in [0.2, 0.25) is 0 Å². The molecule has 0 radical (unpaired) electrons. The van der Waals surface area contributed by atoms with Crippen LogP contribution < -0.4 is 4.74 Å². The van der Waals surface area contributed by atoms with Gasteiger partial charge in [-0.25, -0.2) is 0 Å². The molecular formula is C13H12NO7P. The fraction of sp³-hybridized carbons (Fsp3) is 0.0769. The Balaban J connectivity index is 2.48. The van der Waals surface area contributed by atoms with Gasteiger partial charge in [-0.1, -0.05) is 18.2 Å². The number of ether oxygens (including phenoxy) is 1. The van der Waals surface area contributed by atoms with Crippen molar-refractivity contribution in [3.63, 3.8) is 0 Å². The topological polar surface area (TPSA) is 130 Å². The minimum absolute atomic E-state index is 0.0763. The van der Waals surface area contributed by atoms with Crippen LogP contribution in [-0.2, 0) is 4.57 Å². The van der Waals surface area contributed by atoms with Gasteiger partial charge in [-0.15, -0.1) is 0 Å². The van der Waals surface area contributed by atoms with Crippen molar-refractivity contribution in [2.75, 3.05) is 0 Å². The summed E-state index contributed by atoms with van der Waals surface area (Å²) in [5, 5.41) is 20.5. The first-order chi connectivity index (χ1) is 10.3. The maximum Gasteiger partial charge on any atom is 0.358 e. The summed E-state index contributed by atoms with van der Waals surface area (Å²) in [6.45, 7) is 0. The van der Waals surface area contributed by atoms with Crippen LogP contribution in [0.1, 0.15) is 11.4 Å². The first kappa shape index (κ1) is 16.1. The lowest BCUT2D eigenvalue weighted by atomic mass is 10.2. The maximum absolute atomic E-state index is 11.2. The molecule has 116 valence electrons. The molecule has 0 aromatic heterocycles. The van der Waals surface area contributed by atoms with Gasteiger partial charge in [-0.2, -0.15) is 0 Å². The van der Waals surface area contributed by atoms with Crippen LogP contribution in [0.15, 0.2) is 48.5 Å². The van der Waals surface area contributed by atoms with Crippen LogP contribution in [0.4, 0.5) is 5.69 Å². The van der Waals surface area contributed by atoms with Crippen molar-refractivity contribution < 1.29 is 29.1 Å². The second-order valence-electron chi connectivity index (χ2n) is 4.36. The number of para-hydroxylation sites is 1. The molecule has 0 aliphatic carbocycles. The number of benzene rings is 2. The van der Waals surface area contributed by atoms with Crippen molar-refractivity contribution in [2.45, 2.75) is 5.85 Å². The minimum atomic E-state index is -4.91. The Hall–Kier alpha value is -2.25. The quantitative estimate of drug-likeness (QED) is 0.437. The van der Waals surface area contributed by atoms with Gasteiger partial charge in [-0.05, 0) is 18.2 Å². The predicted octanol–water partition coefficient (Wildman–Crippen LogP) is 2.56. The van der Waals surface area contributed by atoms with Gasteiger partial charge >= 0.3 is 7.60 Å². The van der Waals surface area contributed by atoms with Gasteiger partial charge in [0, 0.05) is 17.7 Å². The number of non-ortho nitro benzene ring substituents is 1. The average Bonchev–Trinajstić information content (AvgIpc) is 2.47. The molecule has 8 nitrogen and oxygen atoms in total. The van der Waals surface area contributed by atoms with Gasteiger partial charge in [0.05, 0.1) is 4.92 Å². The van der Waals surface area contributed by atoms with Crippen molar-refractivity contribution in [1.29, 1.82) is 0 Å². The second kappa shape index (κ2) is 6.25. The molecule has 0 saturated heterocycles. The summed E-state index contributed by atoms with van der Waals surface area (Å²) >= 11 is 0. The fourth-order valence-electron chi connectivity index (χ4n) is 1.74. The Bertz CT molecular complexity index is 728. The maximum atomic E-state index is 11.2. The first-order valence-corrected chi connectivity index (χ1v) is 7.71. The van der Waals surface area contributed by atoms with Crippen LogP contribution in [0.2, 0.25) is 0 Å². The summed E-state index contributed by atoms with van der Waals surface area (Å²) in [5.74, 6) is -1.94. The van der Waals surface area contributed by atoms with Crippen molar-refractivity contribution >= 4 is 13.3 Å². The summed E-state index contributed by atoms with van der Waals surface area (Å²) < 4.78 is 16.7. The van der Waals surface area contributed by atoms with Crippen molar-refractivity contribution in [3.8, 4) is 11.5 Å². The highest BCUT2D eigenvalue weighted by atomic mass is 31.2. The zero-order valence-electron chi connectivity index (χ0n) is 11.1. The molecule has 1 unspecified atom stereocenters. The van der Waals surface area contributed by atoms with Gasteiger partial charge in [-0.3, -0.25) is 14.7 Å². The molecule has 0 spiro atoms. The fourth-order valence-corrected chi connectivity index (χ4v) is 2.30. The van der Waals surface area contributed by atoms with E-state index in [1.165, 1.54) is 6.07 Å². The summed E-state index contributed by atoms with van der Waals surface area (Å²) in [4.78, 5) is 28.2. The van der Waals surface area contributed by atoms with E-state index in [0.717, 1.165) is 12.1 Å². The molecule has 0 heterocycles. The van der Waals surface area contributed by atoms with Crippen LogP contribution in [0.3, 0.4) is 0 Å². The van der Waals surface area contributed by atoms with Gasteiger partial charge in [0.15, 0.2) is 5.85 Å². The zero-order valence-corrected chi connectivity index (χ0v) is 12.0. The van der Waals surface area contributed by atoms with Crippen molar-refractivity contribution in [1.82, 2.24) is 0 Å². The zero-order chi connectivity index (χ0) is 16.3. The van der Waals surface area contributed by atoms with E-state index in [2.05, 4.69) is 0 Å². The Morgan fingerprint density at radius 3 is 2.32 bits per heavy atom. The number of nitro groups is 1. The lowest BCUT2D eigenvalue weighted by molar-refractivity contribution is -0.385. The minimum Gasteiger partial charge on any atom is -0.457 e. The molecule has 0 aliphatic heterocycles. The molecule has 22 heavy (non-hydrogen) atoms. The Labute approximate surface area is 124 Å². The third-order valence-corrected chi connectivity index (χ3v) is 3.69. The van der Waals surface area contributed by atoms with E-state index in [9.17, 15) is 19.8 Å². The first-order valence-electron chi connectivity index (χ1n) is 6.03. The number of nitrogens with zero attached hydrogens (tertiary/aromatic N) is 1. The highest BCUT2D eigenvalue weighted by Crippen LogP contribution is 2.52. The SMILES string of the molecule is O=[N+]([O-])c1ccc(Oc2ccccc2)c(C(O)P(=O)(O)O)c1. The summed E-state index contributed by atoms with van der Waals surface area (Å²) in [5.41, 5.74) is -0.769. The largest absolute Gasteiger partial charge is 0.457 e. The third-order valence-electron chi connectivity index (χ3n) is 2.77. The van der Waals surface area contributed by atoms with Crippen LogP contribution in [0.25, 0.3) is 0 Å². The predicted molar refractivity (Wildman–Crippen MR) is 76.6 cm³/mol. The summed E-state index contributed by atoms with van der Waals surface area (Å²) in [7, 11) is -4.91. The third kappa shape index (κ3) is 3.69. The van der Waals surface area contributed by atoms with E-state index in [0.29, 0.717) is 5.75 Å². The van der Waals surface area contributed by atoms with Gasteiger partial charge in [0.1, 0.15) is 11.5 Å². The van der Waals surface area contributed by atoms with Crippen LogP contribution >= 0.6 is 7.60 Å². The van der Waals surface area contributed by atoms with E-state index in [4.69, 9.17) is 14.5 Å². The summed E-state index contributed by atoms with van der Waals surface area (Å²) in [6.07, 6.45) is 0. The van der Waals surface area contributed by atoms with E-state index in [1.54, 1.807) is 30.3 Å². The lowest BCUT2D eigenvalue weighted by Gasteiger charge is -2.16. The number of rotatable bonds is 5. The molecule has 0 fully saturated rings. The smallest absolute Gasteiger partial charge is 0.358 e. The van der Waals surface area contributed by atoms with E-state index < -0.39 is 24.1 Å². The molecule has 9 heteroatoms. The van der Waals surface area contributed by atoms with Gasteiger partial charge < -0.3 is 19.6 Å². The summed E-state index contributed by atoms with van der Waals surface area (Å²) in [6, 6.07) is 11.5. The lowest BCUT2D eigenvalue weighted by Crippen LogP contribution is -2.02. The number of nitro benzene ring substituents is 1. The molecule has 2 rings (SSSR count). The standard InChI is InChI=1S/C13H12NO7P/c15-13(22(18,19)20)11-8-9(14(16)17)6-7-12(11)21-10-4-2-1-3-5-10/h1-8,13,15H,(H2,18,19,20). The van der Waals surface area contributed by atoms with Crippen LogP contribution in [0.5, 0.6) is 11.5 Å². The molecule has 0 bridgehead atoms. The van der Waals surface area contributed by atoms with Crippen LogP contribution in [-0.4, -0.2) is 19.8 Å². The monoisotopic (exact) mass is 325 g/mol.